The molecule has 1 heterocycles. The van der Waals surface area contributed by atoms with Crippen LogP contribution in [-0.4, -0.2) is 12.5 Å². The van der Waals surface area contributed by atoms with Crippen molar-refractivity contribution in [2.24, 2.45) is 0 Å². The van der Waals surface area contributed by atoms with Crippen LogP contribution in [0.25, 0.3) is 0 Å². The molecule has 3 rings (SSSR count). The van der Waals surface area contributed by atoms with E-state index in [1.807, 2.05) is 42.5 Å². The van der Waals surface area contributed by atoms with Crippen LogP contribution in [0.3, 0.4) is 0 Å². The highest BCUT2D eigenvalue weighted by molar-refractivity contribution is 7.12. The summed E-state index contributed by atoms with van der Waals surface area (Å²) in [4.78, 5) is 15.1. The van der Waals surface area contributed by atoms with E-state index in [1.165, 1.54) is 34.6 Å². The number of para-hydroxylation sites is 1. The molecular weight excluding hydrogens is 280 g/mol. The lowest BCUT2D eigenvalue weighted by molar-refractivity contribution is 0.0952. The van der Waals surface area contributed by atoms with Gasteiger partial charge in [0.1, 0.15) is 0 Å². The normalized spacial score (nSPS) is 13.0. The average Bonchev–Trinajstić information content (AvgIpc) is 3.07. The van der Waals surface area contributed by atoms with Crippen LogP contribution in [0.5, 0.6) is 0 Å². The summed E-state index contributed by atoms with van der Waals surface area (Å²) < 4.78 is 0. The first-order valence-electron chi connectivity index (χ1n) is 7.49. The molecule has 1 aliphatic carbocycles. The summed E-state index contributed by atoms with van der Waals surface area (Å²) in [6.45, 7) is 3.46. The predicted molar refractivity (Wildman–Crippen MR) is 88.1 cm³/mol. The number of nitrogens with one attached hydrogen (secondary N) is 2. The van der Waals surface area contributed by atoms with Gasteiger partial charge in [0.15, 0.2) is 0 Å². The quantitative estimate of drug-likeness (QED) is 0.886. The van der Waals surface area contributed by atoms with E-state index in [4.69, 9.17) is 0 Å². The molecule has 0 saturated carbocycles. The number of benzene rings is 1. The lowest BCUT2D eigenvalue weighted by Gasteiger charge is -2.10. The molecule has 0 bridgehead atoms. The maximum absolute atomic E-state index is 12.3. The fraction of sp³-hybridized carbons (Fsp3) is 0.353. The van der Waals surface area contributed by atoms with Gasteiger partial charge in [-0.05, 0) is 49.9 Å². The van der Waals surface area contributed by atoms with E-state index in [9.17, 15) is 4.79 Å². The molecular formula is C17H20N2OS. The Morgan fingerprint density at radius 1 is 1.29 bits per heavy atom. The van der Waals surface area contributed by atoms with Gasteiger partial charge in [-0.2, -0.15) is 0 Å². The van der Waals surface area contributed by atoms with Crippen LogP contribution in [0.15, 0.2) is 30.3 Å². The Bertz CT molecular complexity index is 626. The molecule has 1 aromatic heterocycles. The van der Waals surface area contributed by atoms with E-state index in [1.54, 1.807) is 0 Å². The summed E-state index contributed by atoms with van der Waals surface area (Å²) in [6.07, 6.45) is 3.68. The van der Waals surface area contributed by atoms with Gasteiger partial charge in [0.25, 0.3) is 5.91 Å². The maximum atomic E-state index is 12.3. The zero-order chi connectivity index (χ0) is 14.7. The van der Waals surface area contributed by atoms with Crippen molar-refractivity contribution in [3.63, 3.8) is 0 Å². The van der Waals surface area contributed by atoms with Crippen molar-refractivity contribution in [3.8, 4) is 0 Å². The molecule has 1 aliphatic rings. The van der Waals surface area contributed by atoms with Gasteiger partial charge in [0.05, 0.1) is 12.1 Å². The molecule has 0 saturated heterocycles. The van der Waals surface area contributed by atoms with Crippen LogP contribution in [-0.2, 0) is 19.4 Å². The van der Waals surface area contributed by atoms with Gasteiger partial charge in [-0.15, -0.1) is 11.3 Å². The lowest BCUT2D eigenvalue weighted by Crippen LogP contribution is -2.23. The molecule has 0 aliphatic heterocycles. The van der Waals surface area contributed by atoms with Gasteiger partial charge < -0.3 is 10.6 Å². The number of rotatable bonds is 5. The predicted octanol–water partition coefficient (Wildman–Crippen LogP) is 3.60. The van der Waals surface area contributed by atoms with Crippen molar-refractivity contribution in [1.29, 1.82) is 0 Å². The first-order chi connectivity index (χ1) is 10.3. The molecule has 1 aromatic carbocycles. The maximum Gasteiger partial charge on any atom is 0.253 e. The van der Waals surface area contributed by atoms with Gasteiger partial charge >= 0.3 is 0 Å². The minimum absolute atomic E-state index is 0.0138. The Morgan fingerprint density at radius 3 is 2.95 bits per heavy atom. The molecule has 2 aromatic rings. The largest absolute Gasteiger partial charge is 0.385 e. The summed E-state index contributed by atoms with van der Waals surface area (Å²) >= 11 is 1.84. The number of anilines is 1. The molecule has 0 spiro atoms. The third kappa shape index (κ3) is 3.10. The van der Waals surface area contributed by atoms with Crippen molar-refractivity contribution in [2.45, 2.75) is 32.7 Å². The van der Waals surface area contributed by atoms with E-state index < -0.39 is 0 Å². The van der Waals surface area contributed by atoms with Crippen LogP contribution in [0.2, 0.25) is 0 Å². The highest BCUT2D eigenvalue weighted by atomic mass is 32.1. The van der Waals surface area contributed by atoms with Crippen LogP contribution < -0.4 is 10.6 Å². The van der Waals surface area contributed by atoms with Crippen molar-refractivity contribution < 1.29 is 4.79 Å². The topological polar surface area (TPSA) is 41.1 Å². The molecule has 110 valence electrons. The average molecular weight is 300 g/mol. The Hall–Kier alpha value is -1.81. The molecule has 3 nitrogen and oxygen atoms in total. The van der Waals surface area contributed by atoms with Crippen LogP contribution in [0.4, 0.5) is 5.69 Å². The molecule has 2 N–H and O–H groups in total. The Kier molecular flexibility index (Phi) is 4.25. The highest BCUT2D eigenvalue weighted by Crippen LogP contribution is 2.30. The minimum atomic E-state index is -0.0138. The first kappa shape index (κ1) is 14.1. The van der Waals surface area contributed by atoms with Gasteiger partial charge in [-0.1, -0.05) is 12.1 Å². The van der Waals surface area contributed by atoms with Gasteiger partial charge in [-0.3, -0.25) is 4.79 Å². The monoisotopic (exact) mass is 300 g/mol. The zero-order valence-electron chi connectivity index (χ0n) is 12.2. The minimum Gasteiger partial charge on any atom is -0.385 e. The number of aryl methyl sites for hydroxylation is 2. The second kappa shape index (κ2) is 6.31. The fourth-order valence-corrected chi connectivity index (χ4v) is 3.97. The molecule has 0 unspecified atom stereocenters. The second-order valence-electron chi connectivity index (χ2n) is 5.27. The number of hydrogen-bond acceptors (Lipinski definition) is 3. The Balaban J connectivity index is 1.66. The lowest BCUT2D eigenvalue weighted by atomic mass is 10.1. The number of thiophene rings is 1. The summed E-state index contributed by atoms with van der Waals surface area (Å²) in [5.74, 6) is -0.0138. The molecule has 0 atom stereocenters. The number of carbonyl (C=O) groups excluding carboxylic acids is 1. The standard InChI is InChI=1S/C17H20N2OS/c1-2-18-15-8-4-3-7-14(15)17(20)19-11-13-10-12-6-5-9-16(12)21-13/h3-4,7-8,10,18H,2,5-6,9,11H2,1H3,(H,19,20). The number of hydrogen-bond donors (Lipinski definition) is 2. The Labute approximate surface area is 129 Å². The van der Waals surface area contributed by atoms with Crippen molar-refractivity contribution in [2.75, 3.05) is 11.9 Å². The van der Waals surface area contributed by atoms with E-state index >= 15 is 0 Å². The van der Waals surface area contributed by atoms with E-state index in [0.717, 1.165) is 12.2 Å². The summed E-state index contributed by atoms with van der Waals surface area (Å²) in [5.41, 5.74) is 3.09. The van der Waals surface area contributed by atoms with Gasteiger partial charge in [-0.25, -0.2) is 0 Å². The molecule has 0 fully saturated rings. The second-order valence-corrected chi connectivity index (χ2v) is 6.49. The number of fused-ring (bicyclic) bond motifs is 1. The van der Waals surface area contributed by atoms with Gasteiger partial charge in [0.2, 0.25) is 0 Å². The third-order valence-electron chi connectivity index (χ3n) is 3.76. The SMILES string of the molecule is CCNc1ccccc1C(=O)NCc1cc2c(s1)CCC2. The smallest absolute Gasteiger partial charge is 0.253 e. The molecule has 21 heavy (non-hydrogen) atoms. The van der Waals surface area contributed by atoms with Crippen LogP contribution >= 0.6 is 11.3 Å². The summed E-state index contributed by atoms with van der Waals surface area (Å²) in [6, 6.07) is 9.90. The van der Waals surface area contributed by atoms with E-state index in [2.05, 4.69) is 16.7 Å². The number of amides is 1. The highest BCUT2D eigenvalue weighted by Gasteiger charge is 2.16. The van der Waals surface area contributed by atoms with E-state index in [-0.39, 0.29) is 5.91 Å². The molecule has 1 amide bonds. The molecule has 4 heteroatoms. The molecule has 0 radical (unpaired) electrons. The first-order valence-corrected chi connectivity index (χ1v) is 8.31. The van der Waals surface area contributed by atoms with Crippen molar-refractivity contribution in [1.82, 2.24) is 5.32 Å². The van der Waals surface area contributed by atoms with Crippen molar-refractivity contribution in [3.05, 3.63) is 51.2 Å². The van der Waals surface area contributed by atoms with Crippen LogP contribution in [0, 0.1) is 0 Å². The van der Waals surface area contributed by atoms with Gasteiger partial charge in [0, 0.05) is 22.0 Å². The third-order valence-corrected chi connectivity index (χ3v) is 5.00. The zero-order valence-corrected chi connectivity index (χ0v) is 13.1. The van der Waals surface area contributed by atoms with E-state index in [0.29, 0.717) is 12.1 Å². The summed E-state index contributed by atoms with van der Waals surface area (Å²) in [7, 11) is 0. The van der Waals surface area contributed by atoms with Crippen LogP contribution in [0.1, 0.15) is 39.0 Å². The fourth-order valence-electron chi connectivity index (χ4n) is 2.77. The Morgan fingerprint density at radius 2 is 2.14 bits per heavy atom. The summed E-state index contributed by atoms with van der Waals surface area (Å²) in [5, 5.41) is 6.26. The van der Waals surface area contributed by atoms with Crippen molar-refractivity contribution >= 4 is 22.9 Å². The number of carbonyl (C=O) groups is 1.